The Bertz CT molecular complexity index is 533. The first kappa shape index (κ1) is 10.6. The molecule has 0 bridgehead atoms. The topological polar surface area (TPSA) is 75.3 Å². The summed E-state index contributed by atoms with van der Waals surface area (Å²) in [6.07, 6.45) is 1.55. The minimum Gasteiger partial charge on any atom is -0.478 e. The molecule has 1 unspecified atom stereocenters. The van der Waals surface area contributed by atoms with E-state index in [1.807, 2.05) is 0 Å². The second-order valence-electron chi connectivity index (χ2n) is 3.66. The van der Waals surface area contributed by atoms with E-state index < -0.39 is 5.97 Å². The summed E-state index contributed by atoms with van der Waals surface area (Å²) >= 11 is 0. The summed E-state index contributed by atoms with van der Waals surface area (Å²) in [5.41, 5.74) is 1.38. The van der Waals surface area contributed by atoms with Crippen molar-refractivity contribution in [2.75, 3.05) is 6.61 Å². The summed E-state index contributed by atoms with van der Waals surface area (Å²) in [5.74, 6) is -0.988. The SMILES string of the molecule is CC(CO)n1cnc2cccc(C(=O)O)c21. The number of hydrogen-bond donors (Lipinski definition) is 2. The molecule has 0 aliphatic rings. The monoisotopic (exact) mass is 220 g/mol. The van der Waals surface area contributed by atoms with Gasteiger partial charge in [-0.05, 0) is 19.1 Å². The lowest BCUT2D eigenvalue weighted by Gasteiger charge is -2.11. The van der Waals surface area contributed by atoms with Gasteiger partial charge in [0.05, 0.1) is 35.6 Å². The molecule has 0 aliphatic carbocycles. The molecule has 16 heavy (non-hydrogen) atoms. The molecule has 0 spiro atoms. The molecule has 0 fully saturated rings. The number of aliphatic hydroxyl groups is 1. The Hall–Kier alpha value is -1.88. The highest BCUT2D eigenvalue weighted by Crippen LogP contribution is 2.21. The van der Waals surface area contributed by atoms with E-state index in [4.69, 9.17) is 10.2 Å². The first-order valence-corrected chi connectivity index (χ1v) is 4.95. The first-order chi connectivity index (χ1) is 7.65. The van der Waals surface area contributed by atoms with Gasteiger partial charge in [-0.2, -0.15) is 0 Å². The van der Waals surface area contributed by atoms with Crippen molar-refractivity contribution >= 4 is 17.0 Å². The highest BCUT2D eigenvalue weighted by atomic mass is 16.4. The smallest absolute Gasteiger partial charge is 0.337 e. The number of aliphatic hydroxyl groups excluding tert-OH is 1. The number of benzene rings is 1. The highest BCUT2D eigenvalue weighted by Gasteiger charge is 2.15. The number of para-hydroxylation sites is 1. The molecule has 0 saturated heterocycles. The van der Waals surface area contributed by atoms with E-state index >= 15 is 0 Å². The number of rotatable bonds is 3. The van der Waals surface area contributed by atoms with Crippen LogP contribution in [0.4, 0.5) is 0 Å². The number of carbonyl (C=O) groups is 1. The second kappa shape index (κ2) is 3.94. The Balaban J connectivity index is 2.72. The van der Waals surface area contributed by atoms with Crippen molar-refractivity contribution in [1.82, 2.24) is 9.55 Å². The zero-order chi connectivity index (χ0) is 11.7. The molecule has 2 aromatic rings. The van der Waals surface area contributed by atoms with Gasteiger partial charge in [-0.15, -0.1) is 0 Å². The number of aromatic carboxylic acids is 1. The van der Waals surface area contributed by atoms with Crippen LogP contribution in [0, 0.1) is 0 Å². The van der Waals surface area contributed by atoms with Crippen LogP contribution >= 0.6 is 0 Å². The number of aromatic nitrogens is 2. The van der Waals surface area contributed by atoms with Crippen molar-refractivity contribution in [3.8, 4) is 0 Å². The molecule has 0 saturated carbocycles. The molecule has 84 valence electrons. The molecular weight excluding hydrogens is 208 g/mol. The number of imidazole rings is 1. The number of fused-ring (bicyclic) bond motifs is 1. The van der Waals surface area contributed by atoms with Gasteiger partial charge in [0.25, 0.3) is 0 Å². The molecule has 1 aromatic carbocycles. The summed E-state index contributed by atoms with van der Waals surface area (Å²) in [5, 5.41) is 18.2. The lowest BCUT2D eigenvalue weighted by Crippen LogP contribution is -2.10. The number of carboxylic acid groups (broad SMARTS) is 1. The Morgan fingerprint density at radius 2 is 2.31 bits per heavy atom. The molecule has 1 aromatic heterocycles. The summed E-state index contributed by atoms with van der Waals surface area (Å²) in [7, 11) is 0. The highest BCUT2D eigenvalue weighted by molar-refractivity contribution is 6.01. The number of nitrogens with zero attached hydrogens (tertiary/aromatic N) is 2. The summed E-state index contributed by atoms with van der Waals surface area (Å²) in [4.78, 5) is 15.2. The van der Waals surface area contributed by atoms with Crippen LogP contribution in [0.1, 0.15) is 23.3 Å². The van der Waals surface area contributed by atoms with Crippen LogP contribution in [0.2, 0.25) is 0 Å². The third-order valence-corrected chi connectivity index (χ3v) is 2.56. The molecule has 2 N–H and O–H groups in total. The third kappa shape index (κ3) is 1.55. The lowest BCUT2D eigenvalue weighted by molar-refractivity contribution is 0.0698. The maximum Gasteiger partial charge on any atom is 0.337 e. The number of carboxylic acids is 1. The van der Waals surface area contributed by atoms with Crippen LogP contribution < -0.4 is 0 Å². The van der Waals surface area contributed by atoms with E-state index in [2.05, 4.69) is 4.98 Å². The fourth-order valence-corrected chi connectivity index (χ4v) is 1.68. The predicted molar refractivity (Wildman–Crippen MR) is 58.5 cm³/mol. The van der Waals surface area contributed by atoms with Gasteiger partial charge in [-0.25, -0.2) is 9.78 Å². The summed E-state index contributed by atoms with van der Waals surface area (Å²) in [6.45, 7) is 1.75. The van der Waals surface area contributed by atoms with Crippen molar-refractivity contribution < 1.29 is 15.0 Å². The maximum atomic E-state index is 11.1. The predicted octanol–water partition coefficient (Wildman–Crippen LogP) is 1.29. The van der Waals surface area contributed by atoms with E-state index in [0.717, 1.165) is 0 Å². The lowest BCUT2D eigenvalue weighted by atomic mass is 10.1. The molecular formula is C11H12N2O3. The Kier molecular flexibility index (Phi) is 2.62. The van der Waals surface area contributed by atoms with Crippen LogP contribution in [0.5, 0.6) is 0 Å². The van der Waals surface area contributed by atoms with Crippen molar-refractivity contribution in [3.63, 3.8) is 0 Å². The average Bonchev–Trinajstić information content (AvgIpc) is 2.71. The van der Waals surface area contributed by atoms with Gasteiger partial charge < -0.3 is 14.8 Å². The Labute approximate surface area is 92.0 Å². The van der Waals surface area contributed by atoms with E-state index in [1.54, 1.807) is 30.0 Å². The van der Waals surface area contributed by atoms with Gasteiger partial charge in [0.15, 0.2) is 0 Å². The third-order valence-electron chi connectivity index (χ3n) is 2.56. The van der Waals surface area contributed by atoms with Gasteiger partial charge in [0, 0.05) is 0 Å². The van der Waals surface area contributed by atoms with Crippen LogP contribution in [-0.4, -0.2) is 32.3 Å². The summed E-state index contributed by atoms with van der Waals surface area (Å²) in [6, 6.07) is 4.76. The average molecular weight is 220 g/mol. The van der Waals surface area contributed by atoms with Crippen molar-refractivity contribution in [3.05, 3.63) is 30.1 Å². The van der Waals surface area contributed by atoms with Gasteiger partial charge in [-0.1, -0.05) is 6.07 Å². The van der Waals surface area contributed by atoms with Crippen LogP contribution in [-0.2, 0) is 0 Å². The van der Waals surface area contributed by atoms with Crippen LogP contribution in [0.25, 0.3) is 11.0 Å². The van der Waals surface area contributed by atoms with E-state index in [1.165, 1.54) is 6.07 Å². The molecule has 1 heterocycles. The van der Waals surface area contributed by atoms with Gasteiger partial charge in [0.2, 0.25) is 0 Å². The first-order valence-electron chi connectivity index (χ1n) is 4.95. The van der Waals surface area contributed by atoms with E-state index in [0.29, 0.717) is 11.0 Å². The molecule has 5 nitrogen and oxygen atoms in total. The number of hydrogen-bond acceptors (Lipinski definition) is 3. The zero-order valence-electron chi connectivity index (χ0n) is 8.79. The quantitative estimate of drug-likeness (QED) is 0.817. The molecule has 1 atom stereocenters. The second-order valence-corrected chi connectivity index (χ2v) is 3.66. The maximum absolute atomic E-state index is 11.1. The van der Waals surface area contributed by atoms with Gasteiger partial charge >= 0.3 is 5.97 Å². The van der Waals surface area contributed by atoms with Crippen molar-refractivity contribution in [2.45, 2.75) is 13.0 Å². The fraction of sp³-hybridized carbons (Fsp3) is 0.273. The summed E-state index contributed by atoms with van der Waals surface area (Å²) < 4.78 is 1.68. The van der Waals surface area contributed by atoms with Crippen molar-refractivity contribution in [1.29, 1.82) is 0 Å². The Morgan fingerprint density at radius 1 is 1.56 bits per heavy atom. The molecule has 5 heteroatoms. The van der Waals surface area contributed by atoms with Crippen LogP contribution in [0.15, 0.2) is 24.5 Å². The largest absolute Gasteiger partial charge is 0.478 e. The van der Waals surface area contributed by atoms with Gasteiger partial charge in [0.1, 0.15) is 0 Å². The fourth-order valence-electron chi connectivity index (χ4n) is 1.68. The molecule has 0 aliphatic heterocycles. The molecule has 0 radical (unpaired) electrons. The molecule has 0 amide bonds. The van der Waals surface area contributed by atoms with E-state index in [9.17, 15) is 4.79 Å². The van der Waals surface area contributed by atoms with Crippen molar-refractivity contribution in [2.24, 2.45) is 0 Å². The minimum absolute atomic E-state index is 0.0561. The Morgan fingerprint density at radius 3 is 2.94 bits per heavy atom. The minimum atomic E-state index is -0.988. The van der Waals surface area contributed by atoms with E-state index in [-0.39, 0.29) is 18.2 Å². The van der Waals surface area contributed by atoms with Gasteiger partial charge in [-0.3, -0.25) is 0 Å². The zero-order valence-corrected chi connectivity index (χ0v) is 8.79. The standard InChI is InChI=1S/C11H12N2O3/c1-7(5-14)13-6-12-9-4-2-3-8(10(9)13)11(15)16/h2-4,6-7,14H,5H2,1H3,(H,15,16). The molecule has 2 rings (SSSR count). The van der Waals surface area contributed by atoms with Crippen LogP contribution in [0.3, 0.4) is 0 Å². The normalized spacial score (nSPS) is 12.9.